The lowest BCUT2D eigenvalue weighted by atomic mass is 10.1. The maximum Gasteiger partial charge on any atom is 0.311 e. The van der Waals surface area contributed by atoms with Crippen molar-refractivity contribution in [2.45, 2.75) is 13.3 Å². The zero-order chi connectivity index (χ0) is 13.3. The molecule has 0 saturated carbocycles. The maximum atomic E-state index is 11.9. The van der Waals surface area contributed by atoms with Gasteiger partial charge in [-0.05, 0) is 34.5 Å². The molecule has 6 heteroatoms. The lowest BCUT2D eigenvalue weighted by Gasteiger charge is -2.16. The predicted octanol–water partition coefficient (Wildman–Crippen LogP) is 1.68. The number of hydrogen-bond acceptors (Lipinski definition) is 4. The molecule has 1 saturated heterocycles. The largest absolute Gasteiger partial charge is 0.469 e. The molecule has 0 bridgehead atoms. The number of esters is 1. The molecular formula is C12H13BrN2O3. The third-order valence-electron chi connectivity index (χ3n) is 2.97. The third-order valence-corrected chi connectivity index (χ3v) is 3.80. The summed E-state index contributed by atoms with van der Waals surface area (Å²) >= 11 is 3.31. The summed E-state index contributed by atoms with van der Waals surface area (Å²) in [6, 6.07) is 1.87. The summed E-state index contributed by atoms with van der Waals surface area (Å²) in [6.07, 6.45) is 1.82. The highest BCUT2D eigenvalue weighted by Crippen LogP contribution is 2.27. The van der Waals surface area contributed by atoms with Crippen LogP contribution >= 0.6 is 15.9 Å². The van der Waals surface area contributed by atoms with Crippen molar-refractivity contribution in [1.29, 1.82) is 0 Å². The van der Waals surface area contributed by atoms with Gasteiger partial charge in [0.2, 0.25) is 5.91 Å². The highest BCUT2D eigenvalue weighted by molar-refractivity contribution is 9.10. The van der Waals surface area contributed by atoms with Crippen molar-refractivity contribution < 1.29 is 14.3 Å². The molecule has 1 fully saturated rings. The first-order valence-corrected chi connectivity index (χ1v) is 6.32. The van der Waals surface area contributed by atoms with E-state index in [2.05, 4.69) is 25.7 Å². The van der Waals surface area contributed by atoms with Crippen molar-refractivity contribution in [1.82, 2.24) is 4.98 Å². The lowest BCUT2D eigenvalue weighted by molar-refractivity contribution is -0.145. The predicted molar refractivity (Wildman–Crippen MR) is 69.2 cm³/mol. The van der Waals surface area contributed by atoms with Crippen LogP contribution in [0.3, 0.4) is 0 Å². The minimum Gasteiger partial charge on any atom is -0.469 e. The number of ether oxygens (including phenoxy) is 1. The van der Waals surface area contributed by atoms with Crippen molar-refractivity contribution in [2.75, 3.05) is 18.6 Å². The van der Waals surface area contributed by atoms with E-state index in [1.165, 1.54) is 7.11 Å². The molecule has 96 valence electrons. The minimum atomic E-state index is -0.383. The molecule has 5 nitrogen and oxygen atoms in total. The van der Waals surface area contributed by atoms with Crippen molar-refractivity contribution in [3.05, 3.63) is 22.4 Å². The number of nitrogens with zero attached hydrogens (tertiary/aromatic N) is 2. The summed E-state index contributed by atoms with van der Waals surface area (Å²) in [5.41, 5.74) is 1.66. The van der Waals surface area contributed by atoms with Crippen LogP contribution in [-0.2, 0) is 14.3 Å². The minimum absolute atomic E-state index is 0.0751. The molecule has 0 aromatic carbocycles. The summed E-state index contributed by atoms with van der Waals surface area (Å²) in [4.78, 5) is 29.0. The first-order chi connectivity index (χ1) is 8.52. The van der Waals surface area contributed by atoms with Crippen molar-refractivity contribution >= 4 is 33.5 Å². The number of hydrogen-bond donors (Lipinski definition) is 0. The average Bonchev–Trinajstić information content (AvgIpc) is 2.74. The molecule has 0 aliphatic carbocycles. The van der Waals surface area contributed by atoms with Crippen molar-refractivity contribution in [3.8, 4) is 0 Å². The lowest BCUT2D eigenvalue weighted by Crippen LogP contribution is -2.26. The van der Waals surface area contributed by atoms with Crippen LogP contribution in [0.25, 0.3) is 0 Å². The van der Waals surface area contributed by atoms with Crippen LogP contribution in [0.4, 0.5) is 5.69 Å². The normalized spacial score (nSPS) is 19.2. The van der Waals surface area contributed by atoms with Crippen LogP contribution < -0.4 is 4.90 Å². The molecule has 0 N–H and O–H groups in total. The molecule has 1 aromatic heterocycles. The van der Waals surface area contributed by atoms with Gasteiger partial charge in [0, 0.05) is 13.0 Å². The van der Waals surface area contributed by atoms with Gasteiger partial charge >= 0.3 is 5.97 Å². The van der Waals surface area contributed by atoms with Crippen molar-refractivity contribution in [2.24, 2.45) is 5.92 Å². The molecule has 1 unspecified atom stereocenters. The van der Waals surface area contributed by atoms with E-state index in [1.54, 1.807) is 11.1 Å². The standard InChI is InChI=1S/C12H13BrN2O3/c1-7-3-9(5-14-11(7)13)15-6-8(4-10(15)16)12(17)18-2/h3,5,8H,4,6H2,1-2H3. The average molecular weight is 313 g/mol. The van der Waals surface area contributed by atoms with Gasteiger partial charge in [0.15, 0.2) is 0 Å². The number of aromatic nitrogens is 1. The molecule has 1 amide bonds. The van der Waals surface area contributed by atoms with E-state index in [-0.39, 0.29) is 24.2 Å². The second kappa shape index (κ2) is 5.06. The van der Waals surface area contributed by atoms with Gasteiger partial charge in [-0.2, -0.15) is 0 Å². The Kier molecular flexibility index (Phi) is 3.65. The quantitative estimate of drug-likeness (QED) is 0.616. The van der Waals surface area contributed by atoms with E-state index in [1.807, 2.05) is 13.0 Å². The number of carbonyl (C=O) groups excluding carboxylic acids is 2. The molecule has 2 rings (SSSR count). The number of aryl methyl sites for hydroxylation is 1. The molecule has 0 radical (unpaired) electrons. The molecule has 1 aromatic rings. The van der Waals surface area contributed by atoms with Crippen LogP contribution in [0.2, 0.25) is 0 Å². The smallest absolute Gasteiger partial charge is 0.311 e. The summed E-state index contributed by atoms with van der Waals surface area (Å²) in [5.74, 6) is -0.798. The van der Waals surface area contributed by atoms with E-state index in [4.69, 9.17) is 0 Å². The summed E-state index contributed by atoms with van der Waals surface area (Å²) < 4.78 is 5.42. The summed E-state index contributed by atoms with van der Waals surface area (Å²) in [6.45, 7) is 2.26. The Bertz CT molecular complexity index is 504. The van der Waals surface area contributed by atoms with Crippen LogP contribution in [0, 0.1) is 12.8 Å². The van der Waals surface area contributed by atoms with Crippen molar-refractivity contribution in [3.63, 3.8) is 0 Å². The van der Waals surface area contributed by atoms with Crippen LogP contribution in [-0.4, -0.2) is 30.5 Å². The summed E-state index contributed by atoms with van der Waals surface area (Å²) in [5, 5.41) is 0. The fourth-order valence-electron chi connectivity index (χ4n) is 1.97. The molecule has 1 aliphatic rings. The topological polar surface area (TPSA) is 59.5 Å². The van der Waals surface area contributed by atoms with E-state index in [0.717, 1.165) is 10.2 Å². The molecule has 1 aliphatic heterocycles. The Hall–Kier alpha value is -1.43. The molecule has 18 heavy (non-hydrogen) atoms. The number of carbonyl (C=O) groups is 2. The van der Waals surface area contributed by atoms with Crippen LogP contribution in [0.5, 0.6) is 0 Å². The van der Waals surface area contributed by atoms with Gasteiger partial charge in [-0.15, -0.1) is 0 Å². The Morgan fingerprint density at radius 2 is 2.33 bits per heavy atom. The van der Waals surface area contributed by atoms with Gasteiger partial charge in [0.1, 0.15) is 4.60 Å². The van der Waals surface area contributed by atoms with Gasteiger partial charge in [0.05, 0.1) is 24.9 Å². The maximum absolute atomic E-state index is 11.9. The number of pyridine rings is 1. The number of rotatable bonds is 2. The molecular weight excluding hydrogens is 300 g/mol. The third kappa shape index (κ3) is 2.38. The highest BCUT2D eigenvalue weighted by atomic mass is 79.9. The molecule has 1 atom stereocenters. The van der Waals surface area contributed by atoms with Gasteiger partial charge in [-0.25, -0.2) is 4.98 Å². The fourth-order valence-corrected chi connectivity index (χ4v) is 2.19. The van der Waals surface area contributed by atoms with Gasteiger partial charge in [0.25, 0.3) is 0 Å². The van der Waals surface area contributed by atoms with E-state index < -0.39 is 0 Å². The zero-order valence-electron chi connectivity index (χ0n) is 10.1. The van der Waals surface area contributed by atoms with E-state index in [9.17, 15) is 9.59 Å². The van der Waals surface area contributed by atoms with E-state index >= 15 is 0 Å². The van der Waals surface area contributed by atoms with Gasteiger partial charge in [-0.3, -0.25) is 9.59 Å². The van der Waals surface area contributed by atoms with Gasteiger partial charge in [-0.1, -0.05) is 0 Å². The Labute approximate surface area is 113 Å². The summed E-state index contributed by atoms with van der Waals surface area (Å²) in [7, 11) is 1.33. The fraction of sp³-hybridized carbons (Fsp3) is 0.417. The Morgan fingerprint density at radius 3 is 2.94 bits per heavy atom. The highest BCUT2D eigenvalue weighted by Gasteiger charge is 2.35. The molecule has 2 heterocycles. The number of halogens is 1. The number of anilines is 1. The number of methoxy groups -OCH3 is 1. The second-order valence-electron chi connectivity index (χ2n) is 4.23. The zero-order valence-corrected chi connectivity index (χ0v) is 11.7. The SMILES string of the molecule is COC(=O)C1CC(=O)N(c2cnc(Br)c(C)c2)C1. The van der Waals surface area contributed by atoms with Crippen LogP contribution in [0.15, 0.2) is 16.9 Å². The first kappa shape index (κ1) is 13.0. The van der Waals surface area contributed by atoms with Crippen LogP contribution in [0.1, 0.15) is 12.0 Å². The Balaban J connectivity index is 2.21. The molecule has 0 spiro atoms. The first-order valence-electron chi connectivity index (χ1n) is 5.53. The monoisotopic (exact) mass is 312 g/mol. The second-order valence-corrected chi connectivity index (χ2v) is 4.98. The number of amides is 1. The van der Waals surface area contributed by atoms with E-state index in [0.29, 0.717) is 12.2 Å². The Morgan fingerprint density at radius 1 is 1.61 bits per heavy atom. The van der Waals surface area contributed by atoms with Gasteiger partial charge < -0.3 is 9.64 Å².